The number of rotatable bonds is 44. The quantitative estimate of drug-likeness (QED) is 0.0193. The summed E-state index contributed by atoms with van der Waals surface area (Å²) in [6.45, 7) is 26.7. The lowest BCUT2D eigenvalue weighted by Crippen LogP contribution is -3.11. The minimum Gasteiger partial charge on any atom is -0.566 e. The first-order valence-electron chi connectivity index (χ1n) is 45.3. The fourth-order valence-electron chi connectivity index (χ4n) is 12.7. The predicted molar refractivity (Wildman–Crippen MR) is 525 cm³/mol. The van der Waals surface area contributed by atoms with Crippen LogP contribution in [0.15, 0.2) is 159 Å². The number of carbonyl (C=O) groups is 3. The van der Waals surface area contributed by atoms with Crippen molar-refractivity contribution in [1.29, 1.82) is 0 Å². The van der Waals surface area contributed by atoms with Gasteiger partial charge in [-0.25, -0.2) is 48.1 Å². The minimum absolute atomic E-state index is 0.000113. The number of ether oxygens (including phenoxy) is 4. The maximum Gasteiger partial charge on any atom is 0.488 e. The summed E-state index contributed by atoms with van der Waals surface area (Å²) < 4.78 is 107. The highest BCUT2D eigenvalue weighted by atomic mass is 32.2. The van der Waals surface area contributed by atoms with Crippen LogP contribution < -0.4 is 59.3 Å². The molecule has 0 bridgehead atoms. The van der Waals surface area contributed by atoms with Crippen molar-refractivity contribution >= 4 is 93.8 Å². The standard InChI is InChI=1S/C25H36N3O8PS.C23H33N4O9PS.C16H21N4O7P.C10H14N2O5.C8H15O4PS.C6H15N/c1-5-25(3,4)23(31)38-14-13-34-37(33,26-15-18-9-7-6-8-10-18)35-16-19-20(29)21(30)22(36-19)28-12-11-17(2)27-24(28)32;1-23(2,14-28)21(31)38-11-10-34-37(33,25-12-15-6-4-3-5-7-15)35-13-16-18(29)19(30)20(36-16)27-9-8-17(24)26-22(27)32;17-12-6-7-20(16(23)19-12)15-14(22)13(21)11(27-15)9-26-28(24,25)18-8-10-4-2-1-3-5-10;1-5-2-3-12(10(16)11-5)9-8(15)7(14)6(4-13)17-9;1-4-8(2,3)7(9)14-6-5-12-13(10)11;1-4-7(5-2)6-3/h6-12,19-22,29-30H,5,13-16H2,1-4H3,(H,26,33);3-9,16,18-20,28-30H,10-14H2,1-2H3,(H,25,33)(H2,24,26,32);1-7,11,13-15,21-22H,8-9H2,(H2,17,19,23)(H2,18,24,25);2-3,6-9,13-15H,4H2,1H3;4-6H2,1-3H3;4-6H2,1-3H3/p+1/t19-,20-,21+,22-,37?;16-,18-,19+,20-,37?;11-,13-,14+,15-;6-,7-,8+,9-;;/m1111../s1. The van der Waals surface area contributed by atoms with E-state index in [2.05, 4.69) is 60.5 Å². The third-order valence-corrected chi connectivity index (χ3v) is 30.6. The van der Waals surface area contributed by atoms with Gasteiger partial charge in [0, 0.05) is 83.9 Å². The van der Waals surface area contributed by atoms with Gasteiger partial charge in [-0.05, 0) is 107 Å². The Morgan fingerprint density at radius 2 is 0.739 bits per heavy atom. The van der Waals surface area contributed by atoms with E-state index in [4.69, 9.17) is 58.1 Å². The molecule has 792 valence electrons. The topological polar surface area (TPSA) is 690 Å². The molecule has 7 aromatic rings. The molecule has 4 aromatic heterocycles. The molecule has 11 rings (SSSR count). The number of nitrogens with zero attached hydrogens (tertiary/aromatic N) is 8. The number of aryl methyl sites for hydroxylation is 2. The number of anilines is 2. The number of aromatic nitrogens is 8. The molecule has 20 atom stereocenters. The molecular weight excluding hydrogens is 2000 g/mol. The van der Waals surface area contributed by atoms with Gasteiger partial charge in [0.15, 0.2) is 40.3 Å². The van der Waals surface area contributed by atoms with Gasteiger partial charge in [0.05, 0.1) is 71.3 Å². The van der Waals surface area contributed by atoms with Crippen LogP contribution in [0.25, 0.3) is 0 Å². The van der Waals surface area contributed by atoms with E-state index in [1.165, 1.54) is 56.6 Å². The number of benzene rings is 3. The zero-order valence-corrected chi connectivity index (χ0v) is 87.1. The van der Waals surface area contributed by atoms with Crippen molar-refractivity contribution in [2.24, 2.45) is 16.2 Å². The third kappa shape index (κ3) is 39.0. The molecule has 0 spiro atoms. The highest BCUT2D eigenvalue weighted by Gasteiger charge is 2.49. The minimum atomic E-state index is -4.18. The van der Waals surface area contributed by atoms with Crippen molar-refractivity contribution in [2.75, 3.05) is 101 Å². The molecule has 0 radical (unpaired) electrons. The second kappa shape index (κ2) is 59.5. The number of carbonyl (C=O) groups excluding carboxylic acids is 3. The van der Waals surface area contributed by atoms with Crippen molar-refractivity contribution in [3.63, 3.8) is 0 Å². The van der Waals surface area contributed by atoms with E-state index >= 15 is 0 Å². The molecule has 0 saturated carbocycles. The van der Waals surface area contributed by atoms with Gasteiger partial charge in [0.1, 0.15) is 91.5 Å². The smallest absolute Gasteiger partial charge is 0.488 e. The van der Waals surface area contributed by atoms with Crippen LogP contribution in [0.2, 0.25) is 0 Å². The molecule has 47 nitrogen and oxygen atoms in total. The van der Waals surface area contributed by atoms with Gasteiger partial charge in [-0.3, -0.25) is 55.3 Å². The molecule has 0 aliphatic carbocycles. The zero-order valence-electron chi connectivity index (χ0n) is 81.1. The summed E-state index contributed by atoms with van der Waals surface area (Å²) in [5, 5.41) is 108. The van der Waals surface area contributed by atoms with Gasteiger partial charge in [-0.15, -0.1) is 4.52 Å². The van der Waals surface area contributed by atoms with E-state index in [0.717, 1.165) is 76.7 Å². The van der Waals surface area contributed by atoms with Crippen LogP contribution in [0.4, 0.5) is 11.6 Å². The van der Waals surface area contributed by atoms with Gasteiger partial charge in [-0.2, -0.15) is 19.9 Å². The Labute approximate surface area is 835 Å². The first-order chi connectivity index (χ1) is 67.0. The lowest BCUT2D eigenvalue weighted by molar-refractivity contribution is -0.894. The normalized spacial score (nSPS) is 23.5. The molecule has 4 saturated heterocycles. The van der Waals surface area contributed by atoms with E-state index < -0.39 is 190 Å². The van der Waals surface area contributed by atoms with Crippen molar-refractivity contribution in [2.45, 2.75) is 221 Å². The number of hydrogen-bond donors (Lipinski definition) is 17. The Morgan fingerprint density at radius 1 is 0.444 bits per heavy atom. The largest absolute Gasteiger partial charge is 0.566 e. The van der Waals surface area contributed by atoms with Gasteiger partial charge in [0.25, 0.3) is 0 Å². The number of quaternary nitrogens is 1. The first kappa shape index (κ1) is 123. The summed E-state index contributed by atoms with van der Waals surface area (Å²) >= 11 is 3.16. The average Bonchev–Trinajstić information content (AvgIpc) is 1.66. The molecular formula is C88H135N14O33P4S3+. The molecule has 3 aromatic carbocycles. The van der Waals surface area contributed by atoms with Crippen LogP contribution in [0.3, 0.4) is 0 Å². The lowest BCUT2D eigenvalue weighted by Gasteiger charge is -2.23. The first-order valence-corrected chi connectivity index (χ1v) is 54.0. The molecule has 54 heteroatoms. The Bertz CT molecular complexity index is 5290. The molecule has 4 fully saturated rings. The summed E-state index contributed by atoms with van der Waals surface area (Å²) in [5.74, 6) is 0.793. The van der Waals surface area contributed by atoms with E-state index in [1.807, 2.05) is 108 Å². The Morgan fingerprint density at radius 3 is 1.03 bits per heavy atom. The fourth-order valence-corrected chi connectivity index (χ4v) is 19.3. The van der Waals surface area contributed by atoms with Crippen molar-refractivity contribution < 1.29 is 144 Å². The summed E-state index contributed by atoms with van der Waals surface area (Å²) in [7, 11) is -14.9. The van der Waals surface area contributed by atoms with Crippen LogP contribution in [0.1, 0.15) is 142 Å². The van der Waals surface area contributed by atoms with Gasteiger partial charge in [0.2, 0.25) is 0 Å². The van der Waals surface area contributed by atoms with E-state index in [1.54, 1.807) is 69.0 Å². The van der Waals surface area contributed by atoms with Crippen molar-refractivity contribution in [3.05, 3.63) is 210 Å². The Balaban J connectivity index is 0.000000278. The second-order valence-corrected chi connectivity index (χ2v) is 43.5. The number of thioether (sulfide) groups is 3. The maximum atomic E-state index is 13.6. The molecule has 8 heterocycles. The van der Waals surface area contributed by atoms with E-state index in [9.17, 15) is 108 Å². The highest BCUT2D eigenvalue weighted by Crippen LogP contribution is 2.48. The second-order valence-electron chi connectivity index (χ2n) is 34.3. The monoisotopic (exact) mass is 2140 g/mol. The van der Waals surface area contributed by atoms with Gasteiger partial charge < -0.3 is 96.2 Å². The zero-order chi connectivity index (χ0) is 106. The molecule has 4 unspecified atom stereocenters. The van der Waals surface area contributed by atoms with Crippen LogP contribution in [0, 0.1) is 30.1 Å². The molecule has 19 N–H and O–H groups in total. The fraction of sp³-hybridized carbons (Fsp3) is 0.580. The van der Waals surface area contributed by atoms with Crippen molar-refractivity contribution in [1.82, 2.24) is 53.5 Å². The van der Waals surface area contributed by atoms with E-state index in [0.29, 0.717) is 23.6 Å². The Hall–Kier alpha value is -7.41. The summed E-state index contributed by atoms with van der Waals surface area (Å²) in [5.41, 5.74) is 9.89. The van der Waals surface area contributed by atoms with Crippen LogP contribution in [-0.4, -0.2) is 273 Å². The van der Waals surface area contributed by atoms with Gasteiger partial charge >= 0.3 is 54.3 Å². The van der Waals surface area contributed by atoms with Crippen molar-refractivity contribution in [3.8, 4) is 0 Å². The average molecular weight is 2140 g/mol. The Kier molecular flexibility index (Phi) is 51.7. The molecule has 4 aliphatic rings. The number of nitrogens with one attached hydrogen (secondary N) is 4. The van der Waals surface area contributed by atoms with E-state index in [-0.39, 0.29) is 90.0 Å². The third-order valence-electron chi connectivity index (χ3n) is 22.5. The van der Waals surface area contributed by atoms with Crippen LogP contribution >= 0.6 is 66.8 Å². The SMILES string of the molecule is CC(C)(CO)C(=O)SCCOP(=O)(NCc1ccccc1)OC[C@H]1O[C@@H](n2ccc(N)nc2=O)[C@@H](O)[C@@H]1O.CCC(C)(C)C(=O)SCCOP(=O)(NCc1ccccc1)OC[C@H]1O[C@@H](n2ccc(C)nc2=O)[C@@H](O)[C@@H]1O.CCC(C)(C)C(=O)SCCO[P+](=O)[O-].CC[NH+](CC)CC.Cc1ccn([C@@H]2O[C@H](CO)[C@@H](O)[C@@H]2O)c(=O)n1.Nc1ccn([C@@H]2O[C@H](COP(=O)(O)NCc3ccccc3)[C@@H](O)[C@@H]2O)c(=O)n1. The molecule has 0 amide bonds. The number of nitrogen functional groups attached to an aromatic ring is 2. The maximum absolute atomic E-state index is 13.6. The summed E-state index contributed by atoms with van der Waals surface area (Å²) in [4.78, 5) is 120. The number of nitrogens with two attached hydrogens (primary N) is 2. The summed E-state index contributed by atoms with van der Waals surface area (Å²) in [6, 6.07) is 33.1. The molecule has 142 heavy (non-hydrogen) atoms. The molecule has 4 aliphatic heterocycles. The summed E-state index contributed by atoms with van der Waals surface area (Å²) in [6.07, 6.45) is -13.4. The number of aliphatic hydroxyl groups is 10. The lowest BCUT2D eigenvalue weighted by atomic mass is 9.92. The number of hydrogen-bond acceptors (Lipinski definition) is 41. The highest BCUT2D eigenvalue weighted by molar-refractivity contribution is 8.14. The number of aliphatic hydroxyl groups excluding tert-OH is 10. The van der Waals surface area contributed by atoms with Crippen LogP contribution in [-0.2, 0) is 98.4 Å². The van der Waals surface area contributed by atoms with Crippen LogP contribution in [0.5, 0.6) is 0 Å². The van der Waals surface area contributed by atoms with Gasteiger partial charge in [-0.1, -0.05) is 168 Å². The predicted octanol–water partition coefficient (Wildman–Crippen LogP) is 2.61.